The number of ether oxygens (including phenoxy) is 1. The molecular formula is C27H31F3N2O3. The molecule has 0 spiro atoms. The van der Waals surface area contributed by atoms with Gasteiger partial charge in [0, 0.05) is 17.5 Å². The predicted molar refractivity (Wildman–Crippen MR) is 127 cm³/mol. The van der Waals surface area contributed by atoms with Crippen LogP contribution in [-0.4, -0.2) is 40.2 Å². The second-order valence-electron chi connectivity index (χ2n) is 9.93. The molecule has 1 aliphatic carbocycles. The third-order valence-corrected chi connectivity index (χ3v) is 7.21. The molecule has 0 saturated heterocycles. The first kappa shape index (κ1) is 25.2. The number of carbonyl (C=O) groups is 1. The third kappa shape index (κ3) is 5.08. The van der Waals surface area contributed by atoms with E-state index in [0.717, 1.165) is 43.2 Å². The van der Waals surface area contributed by atoms with Crippen molar-refractivity contribution in [3.63, 3.8) is 0 Å². The average molecular weight is 489 g/mol. The molecule has 1 aliphatic heterocycles. The maximum absolute atomic E-state index is 13.8. The summed E-state index contributed by atoms with van der Waals surface area (Å²) in [6, 6.07) is 17.1. The molecule has 0 unspecified atom stereocenters. The molecule has 1 heterocycles. The van der Waals surface area contributed by atoms with E-state index in [-0.39, 0.29) is 22.1 Å². The largest absolute Gasteiger partial charge is 0.484 e. The molecular weight excluding hydrogens is 457 g/mol. The van der Waals surface area contributed by atoms with Crippen LogP contribution in [-0.2, 0) is 10.2 Å². The Bertz CT molecular complexity index is 1060. The van der Waals surface area contributed by atoms with Gasteiger partial charge in [-0.3, -0.25) is 4.79 Å². The lowest BCUT2D eigenvalue weighted by Crippen LogP contribution is -2.57. The maximum Gasteiger partial charge on any atom is 0.438 e. The highest BCUT2D eigenvalue weighted by Gasteiger charge is 2.63. The molecule has 0 radical (unpaired) electrons. The van der Waals surface area contributed by atoms with Gasteiger partial charge in [-0.25, -0.2) is 0 Å². The van der Waals surface area contributed by atoms with Gasteiger partial charge < -0.3 is 9.84 Å². The lowest BCUT2D eigenvalue weighted by molar-refractivity contribution is -0.302. The molecule has 4 rings (SSSR count). The topological polar surface area (TPSA) is 62.1 Å². The SMILES string of the molecule is CC(C)(c1ccccc1)c1ccc(OCC(=O)N2N=C(C3CCCCC3)C[C@]2(O)C(F)(F)F)cc1. The first-order chi connectivity index (χ1) is 16.5. The van der Waals surface area contributed by atoms with Crippen molar-refractivity contribution in [3.05, 3.63) is 65.7 Å². The fourth-order valence-electron chi connectivity index (χ4n) is 4.91. The van der Waals surface area contributed by atoms with Gasteiger partial charge in [-0.1, -0.05) is 75.6 Å². The molecule has 1 N–H and O–H groups in total. The highest BCUT2D eigenvalue weighted by atomic mass is 19.4. The number of nitrogens with zero attached hydrogens (tertiary/aromatic N) is 2. The minimum Gasteiger partial charge on any atom is -0.484 e. The van der Waals surface area contributed by atoms with Crippen molar-refractivity contribution in [3.8, 4) is 5.75 Å². The molecule has 5 nitrogen and oxygen atoms in total. The van der Waals surface area contributed by atoms with Crippen LogP contribution < -0.4 is 4.74 Å². The quantitative estimate of drug-likeness (QED) is 0.558. The molecule has 8 heteroatoms. The van der Waals surface area contributed by atoms with Crippen molar-refractivity contribution in [2.45, 2.75) is 69.7 Å². The second-order valence-corrected chi connectivity index (χ2v) is 9.93. The number of halogens is 3. The van der Waals surface area contributed by atoms with E-state index in [1.165, 1.54) is 0 Å². The second kappa shape index (κ2) is 9.64. The summed E-state index contributed by atoms with van der Waals surface area (Å²) < 4.78 is 46.9. The van der Waals surface area contributed by atoms with E-state index >= 15 is 0 Å². The molecule has 2 aromatic carbocycles. The Labute approximate surface area is 203 Å². The van der Waals surface area contributed by atoms with Crippen molar-refractivity contribution in [2.24, 2.45) is 11.0 Å². The summed E-state index contributed by atoms with van der Waals surface area (Å²) in [6.07, 6.45) is -1.47. The molecule has 2 aliphatic rings. The summed E-state index contributed by atoms with van der Waals surface area (Å²) in [4.78, 5) is 12.8. The van der Waals surface area contributed by atoms with Gasteiger partial charge in [0.1, 0.15) is 5.75 Å². The number of aliphatic hydroxyl groups is 1. The number of amides is 1. The molecule has 2 aromatic rings. The average Bonchev–Trinajstić information content (AvgIpc) is 3.23. The first-order valence-electron chi connectivity index (χ1n) is 12.0. The van der Waals surface area contributed by atoms with Crippen molar-refractivity contribution < 1.29 is 27.8 Å². The van der Waals surface area contributed by atoms with Gasteiger partial charge in [-0.05, 0) is 42.0 Å². The van der Waals surface area contributed by atoms with Gasteiger partial charge in [-0.2, -0.15) is 23.3 Å². The summed E-state index contributed by atoms with van der Waals surface area (Å²) in [6.45, 7) is 3.52. The van der Waals surface area contributed by atoms with Crippen LogP contribution in [0.3, 0.4) is 0 Å². The minimum atomic E-state index is -5.03. The molecule has 1 atom stereocenters. The van der Waals surface area contributed by atoms with E-state index in [1.54, 1.807) is 12.1 Å². The van der Waals surface area contributed by atoms with Crippen molar-refractivity contribution in [1.82, 2.24) is 5.01 Å². The Kier molecular flexibility index (Phi) is 6.95. The fraction of sp³-hybridized carbons (Fsp3) is 0.481. The van der Waals surface area contributed by atoms with Crippen molar-refractivity contribution in [1.29, 1.82) is 0 Å². The summed E-state index contributed by atoms with van der Waals surface area (Å²) in [5.74, 6) is -0.835. The minimum absolute atomic E-state index is 0.142. The van der Waals surface area contributed by atoms with E-state index in [0.29, 0.717) is 5.75 Å². The van der Waals surface area contributed by atoms with Crippen LogP contribution in [0.5, 0.6) is 5.75 Å². The van der Waals surface area contributed by atoms with Crippen LogP contribution in [0, 0.1) is 5.92 Å². The van der Waals surface area contributed by atoms with Gasteiger partial charge in [0.05, 0.1) is 0 Å². The molecule has 1 fully saturated rings. The van der Waals surface area contributed by atoms with E-state index in [2.05, 4.69) is 18.9 Å². The van der Waals surface area contributed by atoms with Gasteiger partial charge in [-0.15, -0.1) is 0 Å². The van der Waals surface area contributed by atoms with Gasteiger partial charge in [0.25, 0.3) is 11.6 Å². The van der Waals surface area contributed by atoms with E-state index in [4.69, 9.17) is 4.74 Å². The predicted octanol–water partition coefficient (Wildman–Crippen LogP) is 5.81. The molecule has 1 amide bonds. The maximum atomic E-state index is 13.8. The van der Waals surface area contributed by atoms with Crippen molar-refractivity contribution in [2.75, 3.05) is 6.61 Å². The van der Waals surface area contributed by atoms with Gasteiger partial charge in [0.15, 0.2) is 6.61 Å². The van der Waals surface area contributed by atoms with Crippen molar-refractivity contribution >= 4 is 11.6 Å². The zero-order valence-electron chi connectivity index (χ0n) is 20.0. The summed E-state index contributed by atoms with van der Waals surface area (Å²) >= 11 is 0. The zero-order valence-corrected chi connectivity index (χ0v) is 20.0. The molecule has 188 valence electrons. The monoisotopic (exact) mass is 488 g/mol. The molecule has 35 heavy (non-hydrogen) atoms. The van der Waals surface area contributed by atoms with E-state index in [1.807, 2.05) is 42.5 Å². The standard InChI is InChI=1S/C27H31F3N2O3/c1-25(2,20-11-7-4-8-12-20)21-13-15-22(16-14-21)35-18-24(33)32-26(34,27(28,29)30)17-23(31-32)19-9-5-3-6-10-19/h4,7-8,11-16,19,34H,3,5-6,9-10,17-18H2,1-2H3/t26-/m0/s1. The summed E-state index contributed by atoms with van der Waals surface area (Å²) in [5, 5.41) is 14.7. The Balaban J connectivity index is 1.46. The normalized spacial score (nSPS) is 21.7. The highest BCUT2D eigenvalue weighted by molar-refractivity contribution is 5.92. The van der Waals surface area contributed by atoms with E-state index < -0.39 is 30.8 Å². The molecule has 1 saturated carbocycles. The van der Waals surface area contributed by atoms with E-state index in [9.17, 15) is 23.1 Å². The van der Waals surface area contributed by atoms with Crippen LogP contribution in [0.1, 0.15) is 63.5 Å². The number of benzene rings is 2. The molecule has 0 bridgehead atoms. The van der Waals surface area contributed by atoms with Crippen LogP contribution in [0.25, 0.3) is 0 Å². The first-order valence-corrected chi connectivity index (χ1v) is 12.0. The Morgan fingerprint density at radius 3 is 2.23 bits per heavy atom. The van der Waals surface area contributed by atoms with Gasteiger partial charge in [0.2, 0.25) is 0 Å². The fourth-order valence-corrected chi connectivity index (χ4v) is 4.91. The summed E-state index contributed by atoms with van der Waals surface area (Å²) in [5.41, 5.74) is -1.21. The number of rotatable bonds is 6. The van der Waals surface area contributed by atoms with Crippen LogP contribution in [0.2, 0.25) is 0 Å². The number of hydrogen-bond donors (Lipinski definition) is 1. The summed E-state index contributed by atoms with van der Waals surface area (Å²) in [7, 11) is 0. The zero-order chi connectivity index (χ0) is 25.3. The Morgan fingerprint density at radius 2 is 1.63 bits per heavy atom. The lowest BCUT2D eigenvalue weighted by Gasteiger charge is -2.32. The lowest BCUT2D eigenvalue weighted by atomic mass is 9.78. The Hall–Kier alpha value is -2.87. The Morgan fingerprint density at radius 1 is 1.03 bits per heavy atom. The number of hydrogen-bond acceptors (Lipinski definition) is 4. The third-order valence-electron chi connectivity index (χ3n) is 7.21. The number of carbonyl (C=O) groups excluding carboxylic acids is 1. The van der Waals surface area contributed by atoms with Crippen LogP contribution in [0.4, 0.5) is 13.2 Å². The van der Waals surface area contributed by atoms with Crippen LogP contribution in [0.15, 0.2) is 59.7 Å². The smallest absolute Gasteiger partial charge is 0.438 e. The van der Waals surface area contributed by atoms with Crippen LogP contribution >= 0.6 is 0 Å². The highest BCUT2D eigenvalue weighted by Crippen LogP contribution is 2.43. The number of hydrazone groups is 1. The molecule has 0 aromatic heterocycles. The number of alkyl halides is 3. The van der Waals surface area contributed by atoms with Gasteiger partial charge >= 0.3 is 6.18 Å².